The fraction of sp³-hybridized carbons (Fsp3) is 0.0909. The number of ether oxygens (including phenoxy) is 2. The van der Waals surface area contributed by atoms with Gasteiger partial charge in [0.1, 0.15) is 16.6 Å². The van der Waals surface area contributed by atoms with E-state index in [9.17, 15) is 4.39 Å². The number of benzene rings is 1. The molecule has 0 fully saturated rings. The first-order valence-electron chi connectivity index (χ1n) is 4.79. The Bertz CT molecular complexity index is 583. The normalized spacial score (nSPS) is 10.2. The van der Waals surface area contributed by atoms with Crippen LogP contribution in [0.3, 0.4) is 0 Å². The van der Waals surface area contributed by atoms with Crippen LogP contribution in [0.4, 0.5) is 4.39 Å². The summed E-state index contributed by atoms with van der Waals surface area (Å²) in [6, 6.07) is 4.34. The Morgan fingerprint density at radius 1 is 1.39 bits per heavy atom. The fourth-order valence-corrected chi connectivity index (χ4v) is 1.65. The van der Waals surface area contributed by atoms with Crippen molar-refractivity contribution in [1.82, 2.24) is 9.97 Å². The topological polar surface area (TPSA) is 44.2 Å². The van der Waals surface area contributed by atoms with Gasteiger partial charge in [-0.3, -0.25) is 0 Å². The molecular formula is C11H7BrClFN2O2. The largest absolute Gasteiger partial charge is 0.467 e. The highest BCUT2D eigenvalue weighted by Crippen LogP contribution is 2.30. The average Bonchev–Trinajstić information content (AvgIpc) is 2.36. The first-order chi connectivity index (χ1) is 8.60. The summed E-state index contributed by atoms with van der Waals surface area (Å²) in [5.41, 5.74) is 0. The van der Waals surface area contributed by atoms with Crippen molar-refractivity contribution in [2.24, 2.45) is 0 Å². The minimum absolute atomic E-state index is 0.135. The highest BCUT2D eigenvalue weighted by molar-refractivity contribution is 9.10. The van der Waals surface area contributed by atoms with Crippen molar-refractivity contribution >= 4 is 27.5 Å². The van der Waals surface area contributed by atoms with Crippen molar-refractivity contribution in [2.45, 2.75) is 0 Å². The van der Waals surface area contributed by atoms with Crippen LogP contribution < -0.4 is 9.47 Å². The van der Waals surface area contributed by atoms with E-state index < -0.39 is 0 Å². The summed E-state index contributed by atoms with van der Waals surface area (Å²) in [6.45, 7) is 0. The van der Waals surface area contributed by atoms with Crippen molar-refractivity contribution in [3.05, 3.63) is 39.7 Å². The Morgan fingerprint density at radius 3 is 2.83 bits per heavy atom. The number of methoxy groups -OCH3 is 1. The summed E-state index contributed by atoms with van der Waals surface area (Å²) in [4.78, 5) is 7.76. The predicted molar refractivity (Wildman–Crippen MR) is 67.8 cm³/mol. The summed E-state index contributed by atoms with van der Waals surface area (Å²) >= 11 is 8.94. The Kier molecular flexibility index (Phi) is 3.98. The van der Waals surface area contributed by atoms with Gasteiger partial charge in [-0.15, -0.1) is 0 Å². The zero-order valence-corrected chi connectivity index (χ0v) is 11.5. The lowest BCUT2D eigenvalue weighted by Crippen LogP contribution is -1.95. The van der Waals surface area contributed by atoms with Crippen LogP contribution >= 0.6 is 27.5 Å². The van der Waals surface area contributed by atoms with Crippen molar-refractivity contribution in [1.29, 1.82) is 0 Å². The summed E-state index contributed by atoms with van der Waals surface area (Å²) in [6.07, 6.45) is 1.36. The van der Waals surface area contributed by atoms with Crippen molar-refractivity contribution in [2.75, 3.05) is 7.11 Å². The van der Waals surface area contributed by atoms with Gasteiger partial charge in [-0.1, -0.05) is 11.6 Å². The lowest BCUT2D eigenvalue weighted by Gasteiger charge is -2.07. The molecule has 0 saturated carbocycles. The van der Waals surface area contributed by atoms with E-state index in [2.05, 4.69) is 25.9 Å². The van der Waals surface area contributed by atoms with Crippen LogP contribution in [0.15, 0.2) is 28.9 Å². The predicted octanol–water partition coefficient (Wildman–Crippen LogP) is 3.83. The first-order valence-corrected chi connectivity index (χ1v) is 5.96. The molecule has 7 heteroatoms. The molecule has 0 atom stereocenters. The van der Waals surface area contributed by atoms with Gasteiger partial charge in [0.25, 0.3) is 0 Å². The van der Waals surface area contributed by atoms with Gasteiger partial charge in [-0.05, 0) is 34.1 Å². The zero-order chi connectivity index (χ0) is 13.1. The number of rotatable bonds is 3. The van der Waals surface area contributed by atoms with E-state index in [1.165, 1.54) is 31.5 Å². The quantitative estimate of drug-likeness (QED) is 0.856. The van der Waals surface area contributed by atoms with E-state index >= 15 is 0 Å². The Balaban J connectivity index is 2.30. The summed E-state index contributed by atoms with van der Waals surface area (Å²) in [5.74, 6) is 0.154. The molecule has 2 aromatic rings. The number of halogens is 3. The molecule has 18 heavy (non-hydrogen) atoms. The van der Waals surface area contributed by atoms with Gasteiger partial charge in [-0.25, -0.2) is 9.37 Å². The number of hydrogen-bond donors (Lipinski definition) is 0. The number of nitrogens with zero attached hydrogens (tertiary/aromatic N) is 2. The fourth-order valence-electron chi connectivity index (χ4n) is 1.16. The molecule has 0 radical (unpaired) electrons. The summed E-state index contributed by atoms with van der Waals surface area (Å²) in [5, 5.41) is 0.233. The Morgan fingerprint density at radius 2 is 2.17 bits per heavy atom. The van der Waals surface area contributed by atoms with Crippen LogP contribution in [0.2, 0.25) is 5.02 Å². The number of hydrogen-bond acceptors (Lipinski definition) is 4. The lowest BCUT2D eigenvalue weighted by molar-refractivity contribution is 0.366. The minimum atomic E-state index is -0.381. The molecule has 0 spiro atoms. The molecule has 0 saturated heterocycles. The van der Waals surface area contributed by atoms with Crippen LogP contribution in [0.1, 0.15) is 0 Å². The second-order valence-corrected chi connectivity index (χ2v) is 4.45. The molecule has 94 valence electrons. The van der Waals surface area contributed by atoms with Gasteiger partial charge in [0, 0.05) is 0 Å². The molecule has 0 aliphatic carbocycles. The van der Waals surface area contributed by atoms with Crippen molar-refractivity contribution in [3.63, 3.8) is 0 Å². The maximum atomic E-state index is 13.1. The molecule has 2 rings (SSSR count). The monoisotopic (exact) mass is 332 g/mol. The van der Waals surface area contributed by atoms with Crippen LogP contribution in [0.25, 0.3) is 0 Å². The van der Waals surface area contributed by atoms with Crippen LogP contribution in [0, 0.1) is 5.82 Å². The second-order valence-electron chi connectivity index (χ2n) is 3.19. The van der Waals surface area contributed by atoms with Crippen LogP contribution in [-0.4, -0.2) is 17.1 Å². The van der Waals surface area contributed by atoms with Gasteiger partial charge >= 0.3 is 6.01 Å². The van der Waals surface area contributed by atoms with Crippen molar-refractivity contribution < 1.29 is 13.9 Å². The standard InChI is InChI=1S/C11H7BrClFN2O2/c1-17-11-15-5-8(13)10(16-11)18-6-2-3-9(14)7(12)4-6/h2-5H,1H3. The third-order valence-electron chi connectivity index (χ3n) is 1.98. The molecule has 1 aromatic heterocycles. The molecule has 0 aliphatic rings. The highest BCUT2D eigenvalue weighted by Gasteiger charge is 2.09. The van der Waals surface area contributed by atoms with Gasteiger partial charge in [0.2, 0.25) is 5.88 Å². The molecular weight excluding hydrogens is 326 g/mol. The van der Waals surface area contributed by atoms with E-state index in [-0.39, 0.29) is 27.2 Å². The Labute approximate surface area is 116 Å². The smallest absolute Gasteiger partial charge is 0.319 e. The molecule has 0 bridgehead atoms. The zero-order valence-electron chi connectivity index (χ0n) is 9.15. The highest BCUT2D eigenvalue weighted by atomic mass is 79.9. The minimum Gasteiger partial charge on any atom is -0.467 e. The second kappa shape index (κ2) is 5.49. The average molecular weight is 334 g/mol. The summed E-state index contributed by atoms with van der Waals surface area (Å²) in [7, 11) is 1.43. The molecule has 0 unspecified atom stereocenters. The molecule has 0 N–H and O–H groups in total. The third-order valence-corrected chi connectivity index (χ3v) is 2.84. The molecule has 4 nitrogen and oxygen atoms in total. The van der Waals surface area contributed by atoms with Gasteiger partial charge in [0.05, 0.1) is 17.8 Å². The maximum Gasteiger partial charge on any atom is 0.319 e. The van der Waals surface area contributed by atoms with E-state index in [0.717, 1.165) is 0 Å². The molecule has 1 heterocycles. The summed E-state index contributed by atoms with van der Waals surface area (Å²) < 4.78 is 23.6. The van der Waals surface area contributed by atoms with Crippen LogP contribution in [-0.2, 0) is 0 Å². The van der Waals surface area contributed by atoms with E-state index in [1.54, 1.807) is 0 Å². The van der Waals surface area contributed by atoms with Crippen molar-refractivity contribution in [3.8, 4) is 17.6 Å². The number of aromatic nitrogens is 2. The van der Waals surface area contributed by atoms with E-state index in [4.69, 9.17) is 21.1 Å². The van der Waals surface area contributed by atoms with Gasteiger partial charge in [0.15, 0.2) is 0 Å². The SMILES string of the molecule is COc1ncc(Cl)c(Oc2ccc(F)c(Br)c2)n1. The van der Waals surface area contributed by atoms with E-state index in [1.807, 2.05) is 0 Å². The Hall–Kier alpha value is -1.40. The van der Waals surface area contributed by atoms with Gasteiger partial charge < -0.3 is 9.47 Å². The molecule has 1 aromatic carbocycles. The first kappa shape index (κ1) is 13.0. The molecule has 0 aliphatic heterocycles. The maximum absolute atomic E-state index is 13.1. The lowest BCUT2D eigenvalue weighted by atomic mass is 10.3. The van der Waals surface area contributed by atoms with Gasteiger partial charge in [-0.2, -0.15) is 4.98 Å². The third kappa shape index (κ3) is 2.88. The molecule has 0 amide bonds. The van der Waals surface area contributed by atoms with Crippen LogP contribution in [0.5, 0.6) is 17.6 Å². The van der Waals surface area contributed by atoms with E-state index in [0.29, 0.717) is 5.75 Å².